The molecular formula is C21H20FN3O5S. The van der Waals surface area contributed by atoms with Crippen LogP contribution in [0.1, 0.15) is 0 Å². The summed E-state index contributed by atoms with van der Waals surface area (Å²) in [7, 11) is -1.33. The molecule has 0 aliphatic carbocycles. The number of aromatic nitrogens is 1. The van der Waals surface area contributed by atoms with Gasteiger partial charge in [-0.05, 0) is 30.3 Å². The first-order valence-corrected chi connectivity index (χ1v) is 10.5. The molecule has 8 nitrogen and oxygen atoms in total. The van der Waals surface area contributed by atoms with E-state index in [0.29, 0.717) is 5.75 Å². The van der Waals surface area contributed by atoms with Crippen LogP contribution in [0.5, 0.6) is 11.5 Å². The second-order valence-corrected chi connectivity index (χ2v) is 8.14. The molecule has 0 bridgehead atoms. The van der Waals surface area contributed by atoms with Crippen molar-refractivity contribution in [2.75, 3.05) is 30.4 Å². The van der Waals surface area contributed by atoms with Crippen molar-refractivity contribution in [3.05, 3.63) is 72.8 Å². The molecule has 1 amide bonds. The molecule has 3 rings (SSSR count). The number of benzene rings is 2. The summed E-state index contributed by atoms with van der Waals surface area (Å²) >= 11 is 0. The SMILES string of the molecule is COc1ccc(OC)c(N(CC(=O)Nc2ccnc(F)c2)S(=O)(=O)c2ccccc2)c1. The third-order valence-electron chi connectivity index (χ3n) is 4.28. The van der Waals surface area contributed by atoms with Gasteiger partial charge in [-0.2, -0.15) is 4.39 Å². The van der Waals surface area contributed by atoms with E-state index >= 15 is 0 Å². The van der Waals surface area contributed by atoms with Gasteiger partial charge >= 0.3 is 0 Å². The molecule has 0 fully saturated rings. The third kappa shape index (κ3) is 5.10. The van der Waals surface area contributed by atoms with E-state index in [1.54, 1.807) is 24.3 Å². The highest BCUT2D eigenvalue weighted by molar-refractivity contribution is 7.92. The molecule has 0 saturated heterocycles. The first kappa shape index (κ1) is 22.0. The van der Waals surface area contributed by atoms with E-state index in [4.69, 9.17) is 9.47 Å². The number of hydrogen-bond donors (Lipinski definition) is 1. The summed E-state index contributed by atoms with van der Waals surface area (Å²) in [6.45, 7) is -0.593. The molecule has 0 unspecified atom stereocenters. The second-order valence-electron chi connectivity index (χ2n) is 6.28. The van der Waals surface area contributed by atoms with Gasteiger partial charge in [-0.3, -0.25) is 9.10 Å². The summed E-state index contributed by atoms with van der Waals surface area (Å²) in [6.07, 6.45) is 1.19. The number of methoxy groups -OCH3 is 2. The second kappa shape index (κ2) is 9.43. The number of hydrogen-bond acceptors (Lipinski definition) is 6. The summed E-state index contributed by atoms with van der Waals surface area (Å²) in [4.78, 5) is 16.1. The molecule has 0 spiro atoms. The van der Waals surface area contributed by atoms with E-state index < -0.39 is 28.4 Å². The molecule has 10 heteroatoms. The number of anilines is 2. The van der Waals surface area contributed by atoms with Crippen molar-refractivity contribution in [3.8, 4) is 11.5 Å². The Balaban J connectivity index is 2.04. The van der Waals surface area contributed by atoms with Crippen molar-refractivity contribution in [1.29, 1.82) is 0 Å². The van der Waals surface area contributed by atoms with Gasteiger partial charge in [0.1, 0.15) is 18.0 Å². The maximum Gasteiger partial charge on any atom is 0.264 e. The van der Waals surface area contributed by atoms with Crippen LogP contribution in [0, 0.1) is 5.95 Å². The average Bonchev–Trinajstić information content (AvgIpc) is 2.77. The smallest absolute Gasteiger partial charge is 0.264 e. The molecular weight excluding hydrogens is 425 g/mol. The van der Waals surface area contributed by atoms with Crippen LogP contribution in [0.4, 0.5) is 15.8 Å². The Labute approximate surface area is 179 Å². The predicted octanol–water partition coefficient (Wildman–Crippen LogP) is 3.07. The first-order chi connectivity index (χ1) is 14.8. The van der Waals surface area contributed by atoms with E-state index in [0.717, 1.165) is 10.4 Å². The molecule has 0 aliphatic heterocycles. The molecule has 0 aliphatic rings. The third-order valence-corrected chi connectivity index (χ3v) is 6.06. The standard InChI is InChI=1S/C21H20FN3O5S/c1-29-16-8-9-19(30-2)18(13-16)25(31(27,28)17-6-4-3-5-7-17)14-21(26)24-15-10-11-23-20(22)12-15/h3-13H,14H2,1-2H3,(H,23,24,26). The Morgan fingerprint density at radius 1 is 1.06 bits per heavy atom. The number of amides is 1. The van der Waals surface area contributed by atoms with Crippen molar-refractivity contribution in [3.63, 3.8) is 0 Å². The summed E-state index contributed by atoms with van der Waals surface area (Å²) in [5.74, 6) is -0.861. The fourth-order valence-corrected chi connectivity index (χ4v) is 4.27. The average molecular weight is 445 g/mol. The number of sulfonamides is 1. The van der Waals surface area contributed by atoms with Gasteiger partial charge in [0.05, 0.1) is 24.8 Å². The highest BCUT2D eigenvalue weighted by atomic mass is 32.2. The van der Waals surface area contributed by atoms with Crippen LogP contribution in [0.2, 0.25) is 0 Å². The van der Waals surface area contributed by atoms with Crippen LogP contribution in [-0.4, -0.2) is 40.1 Å². The summed E-state index contributed by atoms with van der Waals surface area (Å²) in [5, 5.41) is 2.48. The van der Waals surface area contributed by atoms with Crippen LogP contribution < -0.4 is 19.1 Å². The van der Waals surface area contributed by atoms with Crippen molar-refractivity contribution in [2.45, 2.75) is 4.90 Å². The zero-order valence-electron chi connectivity index (χ0n) is 16.8. The van der Waals surface area contributed by atoms with Gasteiger partial charge < -0.3 is 14.8 Å². The lowest BCUT2D eigenvalue weighted by atomic mass is 10.2. The van der Waals surface area contributed by atoms with E-state index in [1.807, 2.05) is 0 Å². The summed E-state index contributed by atoms with van der Waals surface area (Å²) in [5.41, 5.74) is 0.258. The van der Waals surface area contributed by atoms with Crippen LogP contribution >= 0.6 is 0 Å². The molecule has 162 valence electrons. The first-order valence-electron chi connectivity index (χ1n) is 9.06. The van der Waals surface area contributed by atoms with Gasteiger partial charge in [-0.25, -0.2) is 13.4 Å². The molecule has 3 aromatic rings. The van der Waals surface area contributed by atoms with Crippen LogP contribution in [0.15, 0.2) is 71.8 Å². The summed E-state index contributed by atoms with van der Waals surface area (Å²) in [6, 6.07) is 14.7. The van der Waals surface area contributed by atoms with Gasteiger partial charge in [0.15, 0.2) is 0 Å². The molecule has 0 atom stereocenters. The molecule has 2 aromatic carbocycles. The van der Waals surface area contributed by atoms with Crippen molar-refractivity contribution in [2.24, 2.45) is 0 Å². The molecule has 1 aromatic heterocycles. The van der Waals surface area contributed by atoms with Gasteiger partial charge in [0.25, 0.3) is 10.0 Å². The maximum absolute atomic E-state index is 13.4. The minimum Gasteiger partial charge on any atom is -0.497 e. The minimum atomic E-state index is -4.16. The van der Waals surface area contributed by atoms with E-state index in [9.17, 15) is 17.6 Å². The fraction of sp³-hybridized carbons (Fsp3) is 0.143. The Morgan fingerprint density at radius 2 is 1.81 bits per heavy atom. The monoisotopic (exact) mass is 445 g/mol. The zero-order chi connectivity index (χ0) is 22.4. The largest absolute Gasteiger partial charge is 0.497 e. The summed E-state index contributed by atoms with van der Waals surface area (Å²) < 4.78 is 51.6. The van der Waals surface area contributed by atoms with Crippen LogP contribution in [0.25, 0.3) is 0 Å². The number of carbonyl (C=O) groups excluding carboxylic acids is 1. The topological polar surface area (TPSA) is 97.8 Å². The van der Waals surface area contributed by atoms with Crippen molar-refractivity contribution < 1.29 is 27.1 Å². The van der Waals surface area contributed by atoms with Crippen molar-refractivity contribution in [1.82, 2.24) is 4.98 Å². The van der Waals surface area contributed by atoms with Crippen LogP contribution in [0.3, 0.4) is 0 Å². The number of rotatable bonds is 8. The number of nitrogens with one attached hydrogen (secondary N) is 1. The number of carbonyl (C=O) groups is 1. The van der Waals surface area contributed by atoms with E-state index in [2.05, 4.69) is 10.3 Å². The fourth-order valence-electron chi connectivity index (χ4n) is 2.82. The Bertz CT molecular complexity index is 1170. The van der Waals surface area contributed by atoms with Gasteiger partial charge in [-0.15, -0.1) is 0 Å². The highest BCUT2D eigenvalue weighted by Crippen LogP contribution is 2.35. The quantitative estimate of drug-likeness (QED) is 0.535. The Morgan fingerprint density at radius 3 is 2.45 bits per heavy atom. The van der Waals surface area contributed by atoms with Gasteiger partial charge in [-0.1, -0.05) is 18.2 Å². The Kier molecular flexibility index (Phi) is 6.71. The lowest BCUT2D eigenvalue weighted by molar-refractivity contribution is -0.114. The van der Waals surface area contributed by atoms with Gasteiger partial charge in [0, 0.05) is 24.0 Å². The zero-order valence-corrected chi connectivity index (χ0v) is 17.6. The van der Waals surface area contributed by atoms with Crippen LogP contribution in [-0.2, 0) is 14.8 Å². The molecule has 1 heterocycles. The lowest BCUT2D eigenvalue weighted by Crippen LogP contribution is -2.38. The molecule has 31 heavy (non-hydrogen) atoms. The highest BCUT2D eigenvalue weighted by Gasteiger charge is 2.30. The molecule has 0 saturated carbocycles. The number of ether oxygens (including phenoxy) is 2. The van der Waals surface area contributed by atoms with E-state index in [1.165, 1.54) is 50.7 Å². The number of pyridine rings is 1. The lowest BCUT2D eigenvalue weighted by Gasteiger charge is -2.26. The molecule has 0 radical (unpaired) electrons. The number of halogens is 1. The maximum atomic E-state index is 13.4. The van der Waals surface area contributed by atoms with Crippen molar-refractivity contribution >= 4 is 27.3 Å². The molecule has 1 N–H and O–H groups in total. The minimum absolute atomic E-state index is 0.0115. The normalized spacial score (nSPS) is 10.9. The van der Waals surface area contributed by atoms with E-state index in [-0.39, 0.29) is 22.0 Å². The predicted molar refractivity (Wildman–Crippen MR) is 113 cm³/mol. The van der Waals surface area contributed by atoms with Gasteiger partial charge in [0.2, 0.25) is 11.9 Å². The Hall–Kier alpha value is -3.66. The number of nitrogens with zero attached hydrogens (tertiary/aromatic N) is 2.